The van der Waals surface area contributed by atoms with Gasteiger partial charge in [-0.3, -0.25) is 4.79 Å². The summed E-state index contributed by atoms with van der Waals surface area (Å²) in [5.41, 5.74) is 7.22. The summed E-state index contributed by atoms with van der Waals surface area (Å²) >= 11 is 0. The fourth-order valence-corrected chi connectivity index (χ4v) is 1.08. The molecule has 0 radical (unpaired) electrons. The largest absolute Gasteiger partial charge is 0.399 e. The maximum absolute atomic E-state index is 11.2. The van der Waals surface area contributed by atoms with Crippen LogP contribution in [0.15, 0.2) is 24.3 Å². The second kappa shape index (κ2) is 4.50. The van der Waals surface area contributed by atoms with Crippen LogP contribution in [-0.2, 0) is 11.2 Å². The van der Waals surface area contributed by atoms with Gasteiger partial charge in [0.2, 0.25) is 5.91 Å². The van der Waals surface area contributed by atoms with Gasteiger partial charge in [-0.05, 0) is 24.6 Å². The molecule has 0 fully saturated rings. The number of benzene rings is 1. The van der Waals surface area contributed by atoms with Gasteiger partial charge in [-0.2, -0.15) is 0 Å². The molecule has 3 N–H and O–H groups in total. The summed E-state index contributed by atoms with van der Waals surface area (Å²) in [6.45, 7) is 2.58. The molecule has 1 aromatic rings. The fourth-order valence-electron chi connectivity index (χ4n) is 1.08. The standard InChI is InChI=1S/C10H14N2O/c1-2-12-10(13)7-8-3-5-9(11)6-4-8/h3-6H,2,7,11H2,1H3,(H,12,13). The van der Waals surface area contributed by atoms with Gasteiger partial charge in [0.25, 0.3) is 0 Å². The Morgan fingerprint density at radius 1 is 1.38 bits per heavy atom. The summed E-state index contributed by atoms with van der Waals surface area (Å²) < 4.78 is 0. The molecule has 0 saturated carbocycles. The third kappa shape index (κ3) is 3.15. The van der Waals surface area contributed by atoms with E-state index in [9.17, 15) is 4.79 Å². The Hall–Kier alpha value is -1.51. The minimum atomic E-state index is 0.0484. The van der Waals surface area contributed by atoms with Crippen molar-refractivity contribution < 1.29 is 4.79 Å². The van der Waals surface area contributed by atoms with Gasteiger partial charge in [0.05, 0.1) is 6.42 Å². The number of carbonyl (C=O) groups is 1. The smallest absolute Gasteiger partial charge is 0.224 e. The molecule has 1 amide bonds. The second-order valence-corrected chi connectivity index (χ2v) is 2.87. The Balaban J connectivity index is 2.54. The van der Waals surface area contributed by atoms with Crippen LogP contribution in [0.4, 0.5) is 5.69 Å². The molecule has 1 rings (SSSR count). The fraction of sp³-hybridized carbons (Fsp3) is 0.300. The molecule has 0 atom stereocenters. The minimum absolute atomic E-state index is 0.0484. The van der Waals surface area contributed by atoms with Crippen molar-refractivity contribution >= 4 is 11.6 Å². The molecule has 1 aromatic carbocycles. The molecule has 3 nitrogen and oxygen atoms in total. The Bertz CT molecular complexity index is 279. The predicted molar refractivity (Wildman–Crippen MR) is 53.2 cm³/mol. The normalized spacial score (nSPS) is 9.62. The monoisotopic (exact) mass is 178 g/mol. The van der Waals surface area contributed by atoms with Gasteiger partial charge in [-0.1, -0.05) is 12.1 Å². The lowest BCUT2D eigenvalue weighted by Gasteiger charge is -2.02. The van der Waals surface area contributed by atoms with Crippen molar-refractivity contribution in [2.45, 2.75) is 13.3 Å². The van der Waals surface area contributed by atoms with E-state index in [-0.39, 0.29) is 5.91 Å². The lowest BCUT2D eigenvalue weighted by molar-refractivity contribution is -0.120. The first kappa shape index (κ1) is 9.58. The average molecular weight is 178 g/mol. The van der Waals surface area contributed by atoms with Gasteiger partial charge in [-0.25, -0.2) is 0 Å². The molecule has 0 bridgehead atoms. The van der Waals surface area contributed by atoms with Gasteiger partial charge in [0.15, 0.2) is 0 Å². The molecule has 0 saturated heterocycles. The van der Waals surface area contributed by atoms with E-state index in [4.69, 9.17) is 5.73 Å². The van der Waals surface area contributed by atoms with Crippen molar-refractivity contribution in [2.24, 2.45) is 0 Å². The zero-order valence-electron chi connectivity index (χ0n) is 7.71. The van der Waals surface area contributed by atoms with Crippen LogP contribution in [0.3, 0.4) is 0 Å². The van der Waals surface area contributed by atoms with E-state index in [1.807, 2.05) is 19.1 Å². The number of nitrogens with one attached hydrogen (secondary N) is 1. The van der Waals surface area contributed by atoms with Crippen LogP contribution in [0, 0.1) is 0 Å². The molecule has 0 spiro atoms. The summed E-state index contributed by atoms with van der Waals surface area (Å²) in [7, 11) is 0. The van der Waals surface area contributed by atoms with E-state index in [1.54, 1.807) is 12.1 Å². The maximum atomic E-state index is 11.2. The molecule has 0 heterocycles. The Morgan fingerprint density at radius 3 is 2.54 bits per heavy atom. The van der Waals surface area contributed by atoms with Gasteiger partial charge in [0.1, 0.15) is 0 Å². The van der Waals surface area contributed by atoms with Crippen molar-refractivity contribution in [3.8, 4) is 0 Å². The van der Waals surface area contributed by atoms with Crippen molar-refractivity contribution in [3.63, 3.8) is 0 Å². The van der Waals surface area contributed by atoms with E-state index in [1.165, 1.54) is 0 Å². The molecular formula is C10H14N2O. The first-order chi connectivity index (χ1) is 6.22. The van der Waals surface area contributed by atoms with Crippen molar-refractivity contribution in [2.75, 3.05) is 12.3 Å². The Kier molecular flexibility index (Phi) is 3.31. The first-order valence-electron chi connectivity index (χ1n) is 4.33. The van der Waals surface area contributed by atoms with Crippen LogP contribution >= 0.6 is 0 Å². The molecule has 0 unspecified atom stereocenters. The van der Waals surface area contributed by atoms with Gasteiger partial charge in [0, 0.05) is 12.2 Å². The van der Waals surface area contributed by atoms with Crippen molar-refractivity contribution in [1.29, 1.82) is 0 Å². The van der Waals surface area contributed by atoms with Crippen molar-refractivity contribution in [1.82, 2.24) is 5.32 Å². The molecule has 13 heavy (non-hydrogen) atoms. The number of amides is 1. The molecule has 0 aliphatic heterocycles. The Morgan fingerprint density at radius 2 is 2.00 bits per heavy atom. The average Bonchev–Trinajstić information content (AvgIpc) is 2.09. The highest BCUT2D eigenvalue weighted by Gasteiger charge is 2.00. The van der Waals surface area contributed by atoms with Crippen LogP contribution in [-0.4, -0.2) is 12.5 Å². The highest BCUT2D eigenvalue weighted by molar-refractivity contribution is 5.78. The molecule has 0 aromatic heterocycles. The minimum Gasteiger partial charge on any atom is -0.399 e. The first-order valence-corrected chi connectivity index (χ1v) is 4.33. The maximum Gasteiger partial charge on any atom is 0.224 e. The summed E-state index contributed by atoms with van der Waals surface area (Å²) in [6.07, 6.45) is 0.425. The quantitative estimate of drug-likeness (QED) is 0.677. The van der Waals surface area contributed by atoms with Crippen LogP contribution < -0.4 is 11.1 Å². The third-order valence-corrected chi connectivity index (χ3v) is 1.72. The molecule has 70 valence electrons. The summed E-state index contributed by atoms with van der Waals surface area (Å²) in [5, 5.41) is 2.74. The van der Waals surface area contributed by atoms with E-state index < -0.39 is 0 Å². The topological polar surface area (TPSA) is 55.1 Å². The predicted octanol–water partition coefficient (Wildman–Crippen LogP) is 0.947. The summed E-state index contributed by atoms with van der Waals surface area (Å²) in [4.78, 5) is 11.2. The number of nitrogens with two attached hydrogens (primary N) is 1. The molecule has 0 aliphatic carbocycles. The number of likely N-dealkylation sites (N-methyl/N-ethyl adjacent to an activating group) is 1. The van der Waals surface area contributed by atoms with E-state index >= 15 is 0 Å². The van der Waals surface area contributed by atoms with Crippen LogP contribution in [0.5, 0.6) is 0 Å². The summed E-state index contributed by atoms with van der Waals surface area (Å²) in [5.74, 6) is 0.0484. The number of carbonyl (C=O) groups excluding carboxylic acids is 1. The zero-order valence-corrected chi connectivity index (χ0v) is 7.71. The van der Waals surface area contributed by atoms with Gasteiger partial charge < -0.3 is 11.1 Å². The number of rotatable bonds is 3. The Labute approximate surface area is 77.9 Å². The van der Waals surface area contributed by atoms with E-state index in [2.05, 4.69) is 5.32 Å². The van der Waals surface area contributed by atoms with E-state index in [0.29, 0.717) is 13.0 Å². The van der Waals surface area contributed by atoms with Crippen molar-refractivity contribution in [3.05, 3.63) is 29.8 Å². The number of hydrogen-bond donors (Lipinski definition) is 2. The number of hydrogen-bond acceptors (Lipinski definition) is 2. The molecule has 3 heteroatoms. The highest BCUT2D eigenvalue weighted by Crippen LogP contribution is 2.05. The van der Waals surface area contributed by atoms with Crippen LogP contribution in [0.2, 0.25) is 0 Å². The van der Waals surface area contributed by atoms with Crippen LogP contribution in [0.25, 0.3) is 0 Å². The SMILES string of the molecule is CCNC(=O)Cc1ccc(N)cc1. The lowest BCUT2D eigenvalue weighted by Crippen LogP contribution is -2.24. The van der Waals surface area contributed by atoms with Crippen LogP contribution in [0.1, 0.15) is 12.5 Å². The highest BCUT2D eigenvalue weighted by atomic mass is 16.1. The summed E-state index contributed by atoms with van der Waals surface area (Å²) in [6, 6.07) is 7.33. The third-order valence-electron chi connectivity index (χ3n) is 1.72. The number of nitrogen functional groups attached to an aromatic ring is 1. The second-order valence-electron chi connectivity index (χ2n) is 2.87. The molecule has 0 aliphatic rings. The lowest BCUT2D eigenvalue weighted by atomic mass is 10.1. The molecular weight excluding hydrogens is 164 g/mol. The van der Waals surface area contributed by atoms with Gasteiger partial charge in [-0.15, -0.1) is 0 Å². The number of anilines is 1. The van der Waals surface area contributed by atoms with E-state index in [0.717, 1.165) is 11.3 Å². The van der Waals surface area contributed by atoms with Gasteiger partial charge >= 0.3 is 0 Å². The zero-order chi connectivity index (χ0) is 9.68.